The fourth-order valence-corrected chi connectivity index (χ4v) is 2.22. The summed E-state index contributed by atoms with van der Waals surface area (Å²) in [5, 5.41) is 0.989. The standard InChI is InChI=1S/C14H10BrN3/c15-11-3-1-2-10(8-11)12-6-4-9-5-7-13(16)18-14(9)17-12/h1-8H,(H2,16,17,18). The lowest BCUT2D eigenvalue weighted by atomic mass is 10.1. The molecule has 0 saturated carbocycles. The summed E-state index contributed by atoms with van der Waals surface area (Å²) in [6.07, 6.45) is 0. The summed E-state index contributed by atoms with van der Waals surface area (Å²) in [5.41, 5.74) is 8.29. The molecule has 3 nitrogen and oxygen atoms in total. The average Bonchev–Trinajstić information content (AvgIpc) is 2.38. The van der Waals surface area contributed by atoms with Crippen molar-refractivity contribution in [1.29, 1.82) is 0 Å². The van der Waals surface area contributed by atoms with E-state index >= 15 is 0 Å². The molecule has 0 spiro atoms. The Kier molecular flexibility index (Phi) is 2.72. The van der Waals surface area contributed by atoms with E-state index in [1.165, 1.54) is 0 Å². The topological polar surface area (TPSA) is 51.8 Å². The van der Waals surface area contributed by atoms with Crippen molar-refractivity contribution in [3.05, 3.63) is 53.0 Å². The summed E-state index contributed by atoms with van der Waals surface area (Å²) in [6, 6.07) is 15.7. The molecule has 0 amide bonds. The molecule has 0 aliphatic heterocycles. The number of nitrogens with two attached hydrogens (primary N) is 1. The zero-order chi connectivity index (χ0) is 12.5. The van der Waals surface area contributed by atoms with Crippen LogP contribution in [0.4, 0.5) is 5.82 Å². The highest BCUT2D eigenvalue weighted by Crippen LogP contribution is 2.23. The SMILES string of the molecule is Nc1ccc2ccc(-c3cccc(Br)c3)nc2n1. The third-order valence-electron chi connectivity index (χ3n) is 2.69. The molecule has 0 unspecified atom stereocenters. The van der Waals surface area contributed by atoms with Crippen molar-refractivity contribution in [2.45, 2.75) is 0 Å². The van der Waals surface area contributed by atoms with Gasteiger partial charge in [-0.3, -0.25) is 0 Å². The van der Waals surface area contributed by atoms with Crippen LogP contribution >= 0.6 is 15.9 Å². The molecule has 2 aromatic heterocycles. The van der Waals surface area contributed by atoms with Crippen LogP contribution in [0.3, 0.4) is 0 Å². The van der Waals surface area contributed by atoms with Gasteiger partial charge in [-0.2, -0.15) is 0 Å². The van der Waals surface area contributed by atoms with Crippen LogP contribution in [0.25, 0.3) is 22.3 Å². The van der Waals surface area contributed by atoms with Crippen LogP contribution in [0.2, 0.25) is 0 Å². The Morgan fingerprint density at radius 1 is 0.944 bits per heavy atom. The van der Waals surface area contributed by atoms with Gasteiger partial charge >= 0.3 is 0 Å². The van der Waals surface area contributed by atoms with Crippen LogP contribution in [0.1, 0.15) is 0 Å². The monoisotopic (exact) mass is 299 g/mol. The molecule has 0 fully saturated rings. The van der Waals surface area contributed by atoms with Gasteiger partial charge in [0, 0.05) is 15.4 Å². The second kappa shape index (κ2) is 4.38. The van der Waals surface area contributed by atoms with Crippen molar-refractivity contribution < 1.29 is 0 Å². The maximum Gasteiger partial charge on any atom is 0.162 e. The van der Waals surface area contributed by atoms with Crippen LogP contribution in [-0.2, 0) is 0 Å². The van der Waals surface area contributed by atoms with Gasteiger partial charge in [-0.1, -0.05) is 28.1 Å². The molecule has 18 heavy (non-hydrogen) atoms. The zero-order valence-electron chi connectivity index (χ0n) is 9.47. The number of hydrogen-bond acceptors (Lipinski definition) is 3. The third kappa shape index (κ3) is 2.07. The van der Waals surface area contributed by atoms with Gasteiger partial charge in [0.15, 0.2) is 5.65 Å². The number of halogens is 1. The Labute approximate surface area is 113 Å². The molecule has 0 bridgehead atoms. The highest BCUT2D eigenvalue weighted by molar-refractivity contribution is 9.10. The lowest BCUT2D eigenvalue weighted by Gasteiger charge is -2.03. The number of nitrogens with zero attached hydrogens (tertiary/aromatic N) is 2. The summed E-state index contributed by atoms with van der Waals surface area (Å²) >= 11 is 3.46. The van der Waals surface area contributed by atoms with E-state index in [2.05, 4.69) is 25.9 Å². The van der Waals surface area contributed by atoms with Crippen molar-refractivity contribution >= 4 is 32.8 Å². The minimum absolute atomic E-state index is 0.487. The van der Waals surface area contributed by atoms with Crippen LogP contribution < -0.4 is 5.73 Å². The van der Waals surface area contributed by atoms with Gasteiger partial charge in [0.1, 0.15) is 5.82 Å². The first-order chi connectivity index (χ1) is 8.72. The largest absolute Gasteiger partial charge is 0.384 e. The summed E-state index contributed by atoms with van der Waals surface area (Å²) in [4.78, 5) is 8.77. The number of nitrogen functional groups attached to an aromatic ring is 1. The van der Waals surface area contributed by atoms with Gasteiger partial charge in [0.05, 0.1) is 5.69 Å². The van der Waals surface area contributed by atoms with Crippen LogP contribution in [0.15, 0.2) is 53.0 Å². The smallest absolute Gasteiger partial charge is 0.162 e. The predicted octanol–water partition coefficient (Wildman–Crippen LogP) is 3.64. The minimum Gasteiger partial charge on any atom is -0.384 e. The van der Waals surface area contributed by atoms with Gasteiger partial charge in [-0.15, -0.1) is 0 Å². The van der Waals surface area contributed by atoms with Crippen molar-refractivity contribution in [2.24, 2.45) is 0 Å². The Hall–Kier alpha value is -1.94. The summed E-state index contributed by atoms with van der Waals surface area (Å²) < 4.78 is 1.03. The van der Waals surface area contributed by atoms with E-state index in [-0.39, 0.29) is 0 Å². The quantitative estimate of drug-likeness (QED) is 0.746. The van der Waals surface area contributed by atoms with Gasteiger partial charge in [-0.05, 0) is 36.4 Å². The Balaban J connectivity index is 2.18. The van der Waals surface area contributed by atoms with E-state index in [1.807, 2.05) is 42.5 Å². The van der Waals surface area contributed by atoms with Gasteiger partial charge in [0.25, 0.3) is 0 Å². The maximum absolute atomic E-state index is 5.68. The number of pyridine rings is 2. The van der Waals surface area contributed by atoms with Gasteiger partial charge < -0.3 is 5.73 Å². The van der Waals surface area contributed by atoms with E-state index in [0.29, 0.717) is 11.5 Å². The second-order valence-electron chi connectivity index (χ2n) is 3.99. The van der Waals surface area contributed by atoms with Gasteiger partial charge in [0.2, 0.25) is 0 Å². The third-order valence-corrected chi connectivity index (χ3v) is 3.19. The number of fused-ring (bicyclic) bond motifs is 1. The van der Waals surface area contributed by atoms with Gasteiger partial charge in [-0.25, -0.2) is 9.97 Å². The minimum atomic E-state index is 0.487. The van der Waals surface area contributed by atoms with Crippen LogP contribution in [0.5, 0.6) is 0 Å². The number of aromatic nitrogens is 2. The Morgan fingerprint density at radius 3 is 2.61 bits per heavy atom. The first-order valence-corrected chi connectivity index (χ1v) is 6.31. The molecule has 0 aliphatic rings. The highest BCUT2D eigenvalue weighted by Gasteiger charge is 2.03. The summed E-state index contributed by atoms with van der Waals surface area (Å²) in [6.45, 7) is 0. The molecule has 0 atom stereocenters. The zero-order valence-corrected chi connectivity index (χ0v) is 11.1. The summed E-state index contributed by atoms with van der Waals surface area (Å²) in [5.74, 6) is 0.487. The predicted molar refractivity (Wildman–Crippen MR) is 77.1 cm³/mol. The molecule has 0 aliphatic carbocycles. The highest BCUT2D eigenvalue weighted by atomic mass is 79.9. The van der Waals surface area contributed by atoms with E-state index in [1.54, 1.807) is 6.07 Å². The maximum atomic E-state index is 5.68. The molecule has 3 aromatic rings. The molecule has 0 saturated heterocycles. The lowest BCUT2D eigenvalue weighted by molar-refractivity contribution is 1.29. The van der Waals surface area contributed by atoms with E-state index in [0.717, 1.165) is 21.1 Å². The molecule has 2 N–H and O–H groups in total. The molecular weight excluding hydrogens is 290 g/mol. The average molecular weight is 300 g/mol. The van der Waals surface area contributed by atoms with Crippen molar-refractivity contribution in [2.75, 3.05) is 5.73 Å². The molecular formula is C14H10BrN3. The van der Waals surface area contributed by atoms with E-state index in [9.17, 15) is 0 Å². The van der Waals surface area contributed by atoms with Crippen LogP contribution in [0, 0.1) is 0 Å². The summed E-state index contributed by atoms with van der Waals surface area (Å²) in [7, 11) is 0. The fraction of sp³-hybridized carbons (Fsp3) is 0. The Morgan fingerprint density at radius 2 is 1.78 bits per heavy atom. The van der Waals surface area contributed by atoms with Crippen molar-refractivity contribution in [3.8, 4) is 11.3 Å². The molecule has 0 radical (unpaired) electrons. The number of anilines is 1. The number of benzene rings is 1. The molecule has 2 heterocycles. The molecule has 1 aromatic carbocycles. The normalized spacial score (nSPS) is 10.7. The molecule has 88 valence electrons. The molecule has 3 rings (SSSR count). The first kappa shape index (κ1) is 11.2. The number of rotatable bonds is 1. The fourth-order valence-electron chi connectivity index (χ4n) is 1.82. The van der Waals surface area contributed by atoms with E-state index < -0.39 is 0 Å². The molecule has 4 heteroatoms. The van der Waals surface area contributed by atoms with E-state index in [4.69, 9.17) is 5.73 Å². The van der Waals surface area contributed by atoms with Crippen LogP contribution in [-0.4, -0.2) is 9.97 Å². The first-order valence-electron chi connectivity index (χ1n) is 5.51. The van der Waals surface area contributed by atoms with Crippen molar-refractivity contribution in [1.82, 2.24) is 9.97 Å². The number of hydrogen-bond donors (Lipinski definition) is 1. The van der Waals surface area contributed by atoms with Crippen molar-refractivity contribution in [3.63, 3.8) is 0 Å². The Bertz CT molecular complexity index is 725. The second-order valence-corrected chi connectivity index (χ2v) is 4.91. The lowest BCUT2D eigenvalue weighted by Crippen LogP contribution is -1.93.